The molecule has 1 N–H and O–H groups in total. The molecule has 0 bridgehead atoms. The van der Waals surface area contributed by atoms with Gasteiger partial charge >= 0.3 is 6.18 Å². The first-order chi connectivity index (χ1) is 11.8. The summed E-state index contributed by atoms with van der Waals surface area (Å²) in [5.74, 6) is 0.708. The van der Waals surface area contributed by atoms with E-state index >= 15 is 0 Å². The standard InChI is InChI=1S/C16H14F3NO4S/c17-16(18,19)11-3-1-4-12(9-11)20-25(21,22)13-5-6-14-15(10-13)24-8-2-7-23-14/h1,3-6,9-10,20H,2,7-8H2. The minimum Gasteiger partial charge on any atom is -0.490 e. The van der Waals surface area contributed by atoms with Crippen molar-refractivity contribution in [3.63, 3.8) is 0 Å². The number of ether oxygens (including phenoxy) is 2. The van der Waals surface area contributed by atoms with Crippen LogP contribution in [0.25, 0.3) is 0 Å². The number of halogens is 3. The van der Waals surface area contributed by atoms with Crippen LogP contribution in [-0.2, 0) is 16.2 Å². The predicted molar refractivity (Wildman–Crippen MR) is 84.3 cm³/mol. The molecule has 2 aromatic rings. The molecule has 1 heterocycles. The third-order valence-electron chi connectivity index (χ3n) is 3.47. The summed E-state index contributed by atoms with van der Waals surface area (Å²) < 4.78 is 76.1. The molecule has 3 rings (SSSR count). The Kier molecular flexibility index (Phi) is 4.51. The van der Waals surface area contributed by atoms with Gasteiger partial charge in [0.25, 0.3) is 10.0 Å². The monoisotopic (exact) mass is 373 g/mol. The number of hydrogen-bond donors (Lipinski definition) is 1. The topological polar surface area (TPSA) is 64.6 Å². The van der Waals surface area contributed by atoms with E-state index in [-0.39, 0.29) is 16.3 Å². The molecule has 0 saturated carbocycles. The fraction of sp³-hybridized carbons (Fsp3) is 0.250. The first-order valence-electron chi connectivity index (χ1n) is 7.35. The number of alkyl halides is 3. The first-order valence-corrected chi connectivity index (χ1v) is 8.84. The van der Waals surface area contributed by atoms with Crippen LogP contribution >= 0.6 is 0 Å². The fourth-order valence-electron chi connectivity index (χ4n) is 2.28. The van der Waals surface area contributed by atoms with Crippen LogP contribution in [0.15, 0.2) is 47.4 Å². The van der Waals surface area contributed by atoms with E-state index in [1.54, 1.807) is 0 Å². The van der Waals surface area contributed by atoms with Crippen molar-refractivity contribution in [3.8, 4) is 11.5 Å². The lowest BCUT2D eigenvalue weighted by Gasteiger charge is -2.13. The summed E-state index contributed by atoms with van der Waals surface area (Å²) in [6.45, 7) is 0.846. The molecule has 5 nitrogen and oxygen atoms in total. The van der Waals surface area contributed by atoms with Crippen LogP contribution in [-0.4, -0.2) is 21.6 Å². The summed E-state index contributed by atoms with van der Waals surface area (Å²) in [5, 5.41) is 0. The zero-order valence-electron chi connectivity index (χ0n) is 12.8. The zero-order valence-corrected chi connectivity index (χ0v) is 13.7. The molecule has 0 aromatic heterocycles. The lowest BCUT2D eigenvalue weighted by atomic mass is 10.2. The summed E-state index contributed by atoms with van der Waals surface area (Å²) in [6.07, 6.45) is -3.89. The average molecular weight is 373 g/mol. The van der Waals surface area contributed by atoms with Gasteiger partial charge < -0.3 is 9.47 Å². The predicted octanol–water partition coefficient (Wildman–Crippen LogP) is 3.67. The molecule has 0 radical (unpaired) electrons. The van der Waals surface area contributed by atoms with Gasteiger partial charge in [0.05, 0.1) is 23.7 Å². The van der Waals surface area contributed by atoms with Crippen LogP contribution < -0.4 is 14.2 Å². The molecule has 0 unspecified atom stereocenters. The highest BCUT2D eigenvalue weighted by molar-refractivity contribution is 7.92. The smallest absolute Gasteiger partial charge is 0.416 e. The summed E-state index contributed by atoms with van der Waals surface area (Å²) in [5.41, 5.74) is -1.12. The lowest BCUT2D eigenvalue weighted by Crippen LogP contribution is -2.14. The van der Waals surface area contributed by atoms with Crippen LogP contribution in [0, 0.1) is 0 Å². The second-order valence-electron chi connectivity index (χ2n) is 5.34. The number of fused-ring (bicyclic) bond motifs is 1. The van der Waals surface area contributed by atoms with Crippen molar-refractivity contribution in [1.29, 1.82) is 0 Å². The van der Waals surface area contributed by atoms with E-state index in [0.717, 1.165) is 18.2 Å². The van der Waals surface area contributed by atoms with E-state index in [0.29, 0.717) is 25.4 Å². The molecule has 0 amide bonds. The van der Waals surface area contributed by atoms with Gasteiger partial charge in [-0.05, 0) is 30.3 Å². The Bertz CT molecular complexity index is 881. The van der Waals surface area contributed by atoms with Crippen molar-refractivity contribution in [2.45, 2.75) is 17.5 Å². The molecule has 134 valence electrons. The Labute approximate surface area is 142 Å². The third-order valence-corrected chi connectivity index (χ3v) is 4.85. The minimum absolute atomic E-state index is 0.130. The quantitative estimate of drug-likeness (QED) is 0.892. The van der Waals surface area contributed by atoms with Crippen molar-refractivity contribution in [3.05, 3.63) is 48.0 Å². The van der Waals surface area contributed by atoms with Crippen molar-refractivity contribution < 1.29 is 31.1 Å². The molecule has 25 heavy (non-hydrogen) atoms. The number of rotatable bonds is 3. The highest BCUT2D eigenvalue weighted by atomic mass is 32.2. The zero-order chi connectivity index (χ0) is 18.1. The fourth-order valence-corrected chi connectivity index (χ4v) is 3.35. The number of anilines is 1. The Morgan fingerprint density at radius 2 is 1.68 bits per heavy atom. The van der Waals surface area contributed by atoms with Gasteiger partial charge in [-0.2, -0.15) is 13.2 Å². The van der Waals surface area contributed by atoms with Crippen molar-refractivity contribution >= 4 is 15.7 Å². The molecule has 9 heteroatoms. The Morgan fingerprint density at radius 1 is 0.960 bits per heavy atom. The maximum atomic E-state index is 12.7. The van der Waals surface area contributed by atoms with E-state index in [9.17, 15) is 21.6 Å². The minimum atomic E-state index is -4.56. The van der Waals surface area contributed by atoms with E-state index in [1.165, 1.54) is 24.3 Å². The van der Waals surface area contributed by atoms with Crippen molar-refractivity contribution in [2.75, 3.05) is 17.9 Å². The molecule has 0 aliphatic carbocycles. The van der Waals surface area contributed by atoms with E-state index in [2.05, 4.69) is 4.72 Å². The molecule has 2 aromatic carbocycles. The second-order valence-corrected chi connectivity index (χ2v) is 7.03. The maximum Gasteiger partial charge on any atom is 0.416 e. The number of nitrogens with one attached hydrogen (secondary N) is 1. The number of sulfonamides is 1. The highest BCUT2D eigenvalue weighted by Gasteiger charge is 2.30. The van der Waals surface area contributed by atoms with Gasteiger partial charge in [-0.25, -0.2) is 8.42 Å². The van der Waals surface area contributed by atoms with Crippen molar-refractivity contribution in [1.82, 2.24) is 0 Å². The lowest BCUT2D eigenvalue weighted by molar-refractivity contribution is -0.137. The van der Waals surface area contributed by atoms with Gasteiger partial charge in [-0.3, -0.25) is 4.72 Å². The summed E-state index contributed by atoms with van der Waals surface area (Å²) in [7, 11) is -4.07. The van der Waals surface area contributed by atoms with Crippen LogP contribution in [0.3, 0.4) is 0 Å². The van der Waals surface area contributed by atoms with Crippen LogP contribution in [0.1, 0.15) is 12.0 Å². The van der Waals surface area contributed by atoms with Gasteiger partial charge in [-0.1, -0.05) is 6.07 Å². The summed E-state index contributed by atoms with van der Waals surface area (Å²) in [4.78, 5) is -0.130. The second kappa shape index (κ2) is 6.47. The van der Waals surface area contributed by atoms with Gasteiger partial charge in [-0.15, -0.1) is 0 Å². The van der Waals surface area contributed by atoms with Crippen molar-refractivity contribution in [2.24, 2.45) is 0 Å². The Hall–Kier alpha value is -2.42. The van der Waals surface area contributed by atoms with E-state index in [4.69, 9.17) is 9.47 Å². The van der Waals surface area contributed by atoms with Crippen LogP contribution in [0.4, 0.5) is 18.9 Å². The molecule has 1 aliphatic rings. The molecule has 0 fully saturated rings. The van der Waals surface area contributed by atoms with Gasteiger partial charge in [0.2, 0.25) is 0 Å². The van der Waals surface area contributed by atoms with Gasteiger partial charge in [0, 0.05) is 18.2 Å². The van der Waals surface area contributed by atoms with Gasteiger partial charge in [0.15, 0.2) is 11.5 Å². The van der Waals surface area contributed by atoms with Crippen LogP contribution in [0.5, 0.6) is 11.5 Å². The van der Waals surface area contributed by atoms with E-state index in [1.807, 2.05) is 0 Å². The maximum absolute atomic E-state index is 12.7. The van der Waals surface area contributed by atoms with Crippen LogP contribution in [0.2, 0.25) is 0 Å². The Balaban J connectivity index is 1.89. The normalized spacial score (nSPS) is 14.7. The third kappa shape index (κ3) is 3.98. The molecular formula is C16H14F3NO4S. The summed E-state index contributed by atoms with van der Waals surface area (Å²) >= 11 is 0. The molecule has 1 aliphatic heterocycles. The summed E-state index contributed by atoms with van der Waals surface area (Å²) in [6, 6.07) is 8.04. The highest BCUT2D eigenvalue weighted by Crippen LogP contribution is 2.34. The van der Waals surface area contributed by atoms with E-state index < -0.39 is 21.8 Å². The number of benzene rings is 2. The largest absolute Gasteiger partial charge is 0.490 e. The first kappa shape index (κ1) is 17.4. The molecule has 0 saturated heterocycles. The SMILES string of the molecule is O=S(=O)(Nc1cccc(C(F)(F)F)c1)c1ccc2c(c1)OCCCO2. The molecule has 0 atom stereocenters. The number of hydrogen-bond acceptors (Lipinski definition) is 4. The molecular weight excluding hydrogens is 359 g/mol. The molecule has 0 spiro atoms. The van der Waals surface area contributed by atoms with Gasteiger partial charge in [0.1, 0.15) is 0 Å². The average Bonchev–Trinajstić information content (AvgIpc) is 2.78. The Morgan fingerprint density at radius 3 is 2.40 bits per heavy atom.